The second-order valence-electron chi connectivity index (χ2n) is 5.36. The van der Waals surface area contributed by atoms with Gasteiger partial charge in [-0.2, -0.15) is 0 Å². The standard InChI is InChI=1S/C13H21N3S/c14-13-16-11-7-6-10(8-12(11)17-13)15-9-4-2-1-3-5-9/h9-10,15H,1-8H2,(H2,14,16). The second kappa shape index (κ2) is 4.94. The number of anilines is 1. The summed E-state index contributed by atoms with van der Waals surface area (Å²) in [5.74, 6) is 0. The summed E-state index contributed by atoms with van der Waals surface area (Å²) < 4.78 is 0. The Kier molecular flexibility index (Phi) is 3.34. The number of nitrogens with zero attached hydrogens (tertiary/aromatic N) is 1. The third kappa shape index (κ3) is 2.63. The minimum Gasteiger partial charge on any atom is -0.375 e. The largest absolute Gasteiger partial charge is 0.375 e. The van der Waals surface area contributed by atoms with Gasteiger partial charge in [-0.3, -0.25) is 0 Å². The Labute approximate surface area is 107 Å². The maximum Gasteiger partial charge on any atom is 0.180 e. The molecule has 1 fully saturated rings. The van der Waals surface area contributed by atoms with Gasteiger partial charge in [0, 0.05) is 17.0 Å². The van der Waals surface area contributed by atoms with E-state index in [0.717, 1.165) is 24.0 Å². The van der Waals surface area contributed by atoms with E-state index in [-0.39, 0.29) is 0 Å². The number of nitrogens with two attached hydrogens (primary N) is 1. The number of thiazole rings is 1. The lowest BCUT2D eigenvalue weighted by Crippen LogP contribution is -2.42. The first-order valence-electron chi connectivity index (χ1n) is 6.81. The predicted molar refractivity (Wildman–Crippen MR) is 72.3 cm³/mol. The Hall–Kier alpha value is -0.610. The van der Waals surface area contributed by atoms with Crippen molar-refractivity contribution >= 4 is 16.5 Å². The van der Waals surface area contributed by atoms with E-state index in [4.69, 9.17) is 5.73 Å². The zero-order valence-corrected chi connectivity index (χ0v) is 11.1. The van der Waals surface area contributed by atoms with Crippen molar-refractivity contribution in [2.45, 2.75) is 63.5 Å². The first kappa shape index (κ1) is 11.5. The fourth-order valence-electron chi connectivity index (χ4n) is 3.14. The maximum absolute atomic E-state index is 5.78. The molecule has 0 aliphatic heterocycles. The smallest absolute Gasteiger partial charge is 0.180 e. The summed E-state index contributed by atoms with van der Waals surface area (Å²) in [5, 5.41) is 4.59. The molecule has 1 unspecified atom stereocenters. The average Bonchev–Trinajstić information content (AvgIpc) is 2.70. The highest BCUT2D eigenvalue weighted by atomic mass is 32.1. The zero-order valence-electron chi connectivity index (χ0n) is 10.2. The summed E-state index contributed by atoms with van der Waals surface area (Å²) in [6.07, 6.45) is 10.5. The summed E-state index contributed by atoms with van der Waals surface area (Å²) in [4.78, 5) is 5.82. The molecule has 17 heavy (non-hydrogen) atoms. The molecule has 94 valence electrons. The highest BCUT2D eigenvalue weighted by Crippen LogP contribution is 2.29. The predicted octanol–water partition coefficient (Wildman–Crippen LogP) is 2.50. The lowest BCUT2D eigenvalue weighted by molar-refractivity contribution is 0.321. The van der Waals surface area contributed by atoms with Crippen molar-refractivity contribution in [3.8, 4) is 0 Å². The van der Waals surface area contributed by atoms with Crippen LogP contribution in [-0.2, 0) is 12.8 Å². The number of nitrogens with one attached hydrogen (secondary N) is 1. The van der Waals surface area contributed by atoms with Gasteiger partial charge in [-0.1, -0.05) is 19.3 Å². The van der Waals surface area contributed by atoms with Crippen LogP contribution in [-0.4, -0.2) is 17.1 Å². The van der Waals surface area contributed by atoms with Gasteiger partial charge in [-0.05, 0) is 32.1 Å². The molecule has 1 aromatic heterocycles. The lowest BCUT2D eigenvalue weighted by Gasteiger charge is -2.30. The maximum atomic E-state index is 5.78. The molecule has 3 rings (SSSR count). The molecule has 1 heterocycles. The van der Waals surface area contributed by atoms with Crippen LogP contribution in [0.2, 0.25) is 0 Å². The number of hydrogen-bond donors (Lipinski definition) is 2. The highest BCUT2D eigenvalue weighted by molar-refractivity contribution is 7.15. The third-order valence-electron chi connectivity index (χ3n) is 4.03. The summed E-state index contributed by atoms with van der Waals surface area (Å²) in [5.41, 5.74) is 7.03. The van der Waals surface area contributed by atoms with Gasteiger partial charge in [-0.25, -0.2) is 4.98 Å². The highest BCUT2D eigenvalue weighted by Gasteiger charge is 2.24. The minimum atomic E-state index is 0.658. The van der Waals surface area contributed by atoms with Crippen molar-refractivity contribution < 1.29 is 0 Å². The van der Waals surface area contributed by atoms with Gasteiger partial charge in [0.05, 0.1) is 5.69 Å². The fourth-order valence-corrected chi connectivity index (χ4v) is 4.10. The van der Waals surface area contributed by atoms with Crippen LogP contribution in [0, 0.1) is 0 Å². The molecule has 0 saturated heterocycles. The molecule has 2 aliphatic carbocycles. The average molecular weight is 251 g/mol. The molecule has 3 nitrogen and oxygen atoms in total. The molecular formula is C13H21N3S. The van der Waals surface area contributed by atoms with Crippen LogP contribution < -0.4 is 11.1 Å². The monoisotopic (exact) mass is 251 g/mol. The molecular weight excluding hydrogens is 230 g/mol. The lowest BCUT2D eigenvalue weighted by atomic mass is 9.92. The van der Waals surface area contributed by atoms with Crippen molar-refractivity contribution in [2.24, 2.45) is 0 Å². The normalized spacial score (nSPS) is 25.8. The van der Waals surface area contributed by atoms with E-state index in [0.29, 0.717) is 6.04 Å². The quantitative estimate of drug-likeness (QED) is 0.849. The number of nitrogen functional groups attached to an aromatic ring is 1. The molecule has 1 atom stereocenters. The number of aryl methyl sites for hydroxylation is 1. The van der Waals surface area contributed by atoms with Gasteiger partial charge in [-0.15, -0.1) is 11.3 Å². The van der Waals surface area contributed by atoms with Crippen molar-refractivity contribution in [1.29, 1.82) is 0 Å². The van der Waals surface area contributed by atoms with Gasteiger partial charge in [0.1, 0.15) is 0 Å². The van der Waals surface area contributed by atoms with Gasteiger partial charge in [0.2, 0.25) is 0 Å². The van der Waals surface area contributed by atoms with Crippen molar-refractivity contribution in [3.05, 3.63) is 10.6 Å². The number of rotatable bonds is 2. The van der Waals surface area contributed by atoms with E-state index in [1.807, 2.05) is 0 Å². The first-order chi connectivity index (χ1) is 8.31. The van der Waals surface area contributed by atoms with Gasteiger partial charge in [0.25, 0.3) is 0 Å². The summed E-state index contributed by atoms with van der Waals surface area (Å²) in [7, 11) is 0. The van der Waals surface area contributed by atoms with Crippen LogP contribution in [0.5, 0.6) is 0 Å². The Bertz CT molecular complexity index is 382. The Morgan fingerprint density at radius 1 is 1.12 bits per heavy atom. The SMILES string of the molecule is Nc1nc2c(s1)CC(NC1CCCCC1)CC2. The summed E-state index contributed by atoms with van der Waals surface area (Å²) in [6.45, 7) is 0. The van der Waals surface area contributed by atoms with Crippen LogP contribution in [0.25, 0.3) is 0 Å². The summed E-state index contributed by atoms with van der Waals surface area (Å²) >= 11 is 1.68. The molecule has 4 heteroatoms. The van der Waals surface area contributed by atoms with Gasteiger partial charge >= 0.3 is 0 Å². The number of fused-ring (bicyclic) bond motifs is 1. The zero-order chi connectivity index (χ0) is 11.7. The van der Waals surface area contributed by atoms with Crippen molar-refractivity contribution in [1.82, 2.24) is 10.3 Å². The van der Waals surface area contributed by atoms with Crippen LogP contribution in [0.15, 0.2) is 0 Å². The molecule has 2 aliphatic rings. The van der Waals surface area contributed by atoms with E-state index >= 15 is 0 Å². The van der Waals surface area contributed by atoms with Crippen molar-refractivity contribution in [2.75, 3.05) is 5.73 Å². The molecule has 3 N–H and O–H groups in total. The fraction of sp³-hybridized carbons (Fsp3) is 0.769. The molecule has 0 aromatic carbocycles. The minimum absolute atomic E-state index is 0.658. The van der Waals surface area contributed by atoms with E-state index in [1.165, 1.54) is 49.1 Å². The van der Waals surface area contributed by atoms with Gasteiger partial charge < -0.3 is 11.1 Å². The first-order valence-corrected chi connectivity index (χ1v) is 7.63. The Balaban J connectivity index is 1.59. The second-order valence-corrected chi connectivity index (χ2v) is 6.48. The van der Waals surface area contributed by atoms with Crippen LogP contribution in [0.3, 0.4) is 0 Å². The molecule has 0 amide bonds. The molecule has 0 spiro atoms. The molecule has 0 radical (unpaired) electrons. The van der Waals surface area contributed by atoms with Crippen molar-refractivity contribution in [3.63, 3.8) is 0 Å². The van der Waals surface area contributed by atoms with Crippen LogP contribution in [0.1, 0.15) is 49.1 Å². The number of aromatic nitrogens is 1. The van der Waals surface area contributed by atoms with Crippen LogP contribution >= 0.6 is 11.3 Å². The molecule has 0 bridgehead atoms. The summed E-state index contributed by atoms with van der Waals surface area (Å²) in [6, 6.07) is 1.42. The topological polar surface area (TPSA) is 50.9 Å². The third-order valence-corrected chi connectivity index (χ3v) is 4.98. The van der Waals surface area contributed by atoms with E-state index in [1.54, 1.807) is 11.3 Å². The van der Waals surface area contributed by atoms with E-state index < -0.39 is 0 Å². The van der Waals surface area contributed by atoms with Crippen LogP contribution in [0.4, 0.5) is 5.13 Å². The van der Waals surface area contributed by atoms with E-state index in [9.17, 15) is 0 Å². The van der Waals surface area contributed by atoms with E-state index in [2.05, 4.69) is 10.3 Å². The number of hydrogen-bond acceptors (Lipinski definition) is 4. The van der Waals surface area contributed by atoms with Gasteiger partial charge in [0.15, 0.2) is 5.13 Å². The molecule has 1 saturated carbocycles. The Morgan fingerprint density at radius 3 is 2.76 bits per heavy atom. The molecule has 1 aromatic rings. The Morgan fingerprint density at radius 2 is 1.94 bits per heavy atom.